The molecule has 0 saturated carbocycles. The predicted octanol–water partition coefficient (Wildman–Crippen LogP) is 7.20. The molecule has 0 bridgehead atoms. The van der Waals surface area contributed by atoms with Crippen LogP contribution in [0.15, 0.2) is 94.3 Å². The lowest BCUT2D eigenvalue weighted by Crippen LogP contribution is -2.49. The van der Waals surface area contributed by atoms with Crippen LogP contribution in [0.1, 0.15) is 52.5 Å². The summed E-state index contributed by atoms with van der Waals surface area (Å²) in [7, 11) is 0. The van der Waals surface area contributed by atoms with Crippen LogP contribution in [0.4, 0.5) is 8.78 Å². The Morgan fingerprint density at radius 2 is 2.00 bits per heavy atom. The number of allylic oxidation sites excluding steroid dienone is 7. The van der Waals surface area contributed by atoms with Crippen molar-refractivity contribution in [3.05, 3.63) is 101 Å². The first-order valence-electron chi connectivity index (χ1n) is 13.8. The zero-order valence-electron chi connectivity index (χ0n) is 23.7. The van der Waals surface area contributed by atoms with Crippen molar-refractivity contribution in [3.63, 3.8) is 0 Å². The Hall–Kier alpha value is -3.38. The van der Waals surface area contributed by atoms with Crippen molar-refractivity contribution in [2.75, 3.05) is 26.2 Å². The van der Waals surface area contributed by atoms with E-state index in [0.717, 1.165) is 72.4 Å². The van der Waals surface area contributed by atoms with Gasteiger partial charge in [-0.05, 0) is 62.5 Å². The van der Waals surface area contributed by atoms with Crippen molar-refractivity contribution in [1.29, 1.82) is 0 Å². The van der Waals surface area contributed by atoms with E-state index in [1.165, 1.54) is 12.1 Å². The Balaban J connectivity index is 1.91. The molecule has 2 atom stereocenters. The van der Waals surface area contributed by atoms with Gasteiger partial charge in [0.15, 0.2) is 0 Å². The van der Waals surface area contributed by atoms with Crippen molar-refractivity contribution >= 4 is 17.0 Å². The summed E-state index contributed by atoms with van der Waals surface area (Å²) in [5, 5.41) is 3.55. The molecule has 6 heteroatoms. The lowest BCUT2D eigenvalue weighted by molar-refractivity contribution is 0.259. The number of hydrogen-bond donors (Lipinski definition) is 1. The van der Waals surface area contributed by atoms with Gasteiger partial charge >= 0.3 is 0 Å². The van der Waals surface area contributed by atoms with Gasteiger partial charge in [-0.25, -0.2) is 8.78 Å². The van der Waals surface area contributed by atoms with E-state index in [-0.39, 0.29) is 5.41 Å². The molecule has 1 fully saturated rings. The Kier molecular flexibility index (Phi) is 8.96. The molecule has 4 rings (SSSR count). The van der Waals surface area contributed by atoms with Crippen LogP contribution in [0, 0.1) is 17.0 Å². The van der Waals surface area contributed by atoms with Crippen LogP contribution in [-0.4, -0.2) is 48.5 Å². The maximum Gasteiger partial charge on any atom is 0.126 e. The molecule has 0 radical (unpaired) electrons. The molecule has 0 amide bonds. The van der Waals surface area contributed by atoms with Gasteiger partial charge in [0.1, 0.15) is 11.6 Å². The molecule has 3 aliphatic rings. The molecule has 1 unspecified atom stereocenters. The van der Waals surface area contributed by atoms with Crippen LogP contribution in [-0.2, 0) is 0 Å². The van der Waals surface area contributed by atoms with Crippen LogP contribution >= 0.6 is 0 Å². The molecule has 0 aliphatic carbocycles. The summed E-state index contributed by atoms with van der Waals surface area (Å²) < 4.78 is 28.2. The van der Waals surface area contributed by atoms with Crippen molar-refractivity contribution in [2.24, 2.45) is 15.4 Å². The number of nitrogens with one attached hydrogen (secondary N) is 1. The molecule has 206 valence electrons. The lowest BCUT2D eigenvalue weighted by Gasteiger charge is -2.38. The van der Waals surface area contributed by atoms with Crippen molar-refractivity contribution < 1.29 is 8.78 Å². The van der Waals surface area contributed by atoms with Gasteiger partial charge in [0, 0.05) is 72.3 Å². The third-order valence-corrected chi connectivity index (χ3v) is 7.86. The van der Waals surface area contributed by atoms with Crippen molar-refractivity contribution in [3.8, 4) is 0 Å². The van der Waals surface area contributed by atoms with Crippen LogP contribution in [0.5, 0.6) is 0 Å². The SMILES string of the molecule is C=CC1(C)CCC=CN=C1/C(=C/C)C1=C(N2CCN[C@H](C)C2)C(C)=CCN=C1CC(=C)c1cc(F)cc(F)c1. The molecule has 0 spiro atoms. The molecule has 1 aromatic carbocycles. The molecular weight excluding hydrogens is 490 g/mol. The minimum atomic E-state index is -0.617. The van der Waals surface area contributed by atoms with Gasteiger partial charge in [0.05, 0.1) is 12.3 Å². The monoisotopic (exact) mass is 530 g/mol. The van der Waals surface area contributed by atoms with E-state index in [9.17, 15) is 8.78 Å². The van der Waals surface area contributed by atoms with Crippen LogP contribution in [0.2, 0.25) is 0 Å². The van der Waals surface area contributed by atoms with E-state index < -0.39 is 11.6 Å². The van der Waals surface area contributed by atoms with Crippen LogP contribution in [0.3, 0.4) is 0 Å². The smallest absolute Gasteiger partial charge is 0.126 e. The summed E-state index contributed by atoms with van der Waals surface area (Å²) in [6.45, 7) is 20.1. The summed E-state index contributed by atoms with van der Waals surface area (Å²) in [6, 6.07) is 3.88. The van der Waals surface area contributed by atoms with E-state index in [2.05, 4.69) is 62.4 Å². The van der Waals surface area contributed by atoms with E-state index in [1.54, 1.807) is 0 Å². The molecule has 3 heterocycles. The molecule has 39 heavy (non-hydrogen) atoms. The quantitative estimate of drug-likeness (QED) is 0.379. The number of rotatable bonds is 7. The van der Waals surface area contributed by atoms with Crippen LogP contribution in [0.25, 0.3) is 5.57 Å². The van der Waals surface area contributed by atoms with Gasteiger partial charge in [-0.15, -0.1) is 6.58 Å². The summed E-state index contributed by atoms with van der Waals surface area (Å²) in [4.78, 5) is 12.5. The largest absolute Gasteiger partial charge is 0.368 e. The van der Waals surface area contributed by atoms with Gasteiger partial charge in [0.25, 0.3) is 0 Å². The summed E-state index contributed by atoms with van der Waals surface area (Å²) >= 11 is 0. The van der Waals surface area contributed by atoms with Crippen LogP contribution < -0.4 is 5.32 Å². The second-order valence-corrected chi connectivity index (χ2v) is 10.9. The second-order valence-electron chi connectivity index (χ2n) is 10.9. The zero-order chi connectivity index (χ0) is 28.2. The Labute approximate surface area is 232 Å². The minimum Gasteiger partial charge on any atom is -0.368 e. The number of piperazine rings is 1. The summed E-state index contributed by atoms with van der Waals surface area (Å²) in [6.07, 6.45) is 12.4. The highest BCUT2D eigenvalue weighted by Gasteiger charge is 2.35. The first-order valence-corrected chi connectivity index (χ1v) is 13.8. The normalized spacial score (nSPS) is 24.5. The highest BCUT2D eigenvalue weighted by molar-refractivity contribution is 6.21. The fourth-order valence-electron chi connectivity index (χ4n) is 5.66. The number of nitrogens with zero attached hydrogens (tertiary/aromatic N) is 3. The fourth-order valence-corrected chi connectivity index (χ4v) is 5.66. The van der Waals surface area contributed by atoms with E-state index in [0.29, 0.717) is 30.1 Å². The molecule has 1 aromatic rings. The summed E-state index contributed by atoms with van der Waals surface area (Å²) in [5.74, 6) is -1.23. The predicted molar refractivity (Wildman–Crippen MR) is 160 cm³/mol. The Morgan fingerprint density at radius 3 is 2.67 bits per heavy atom. The molecular formula is C33H40F2N4. The minimum absolute atomic E-state index is 0.333. The topological polar surface area (TPSA) is 40.0 Å². The zero-order valence-corrected chi connectivity index (χ0v) is 23.7. The van der Waals surface area contributed by atoms with Crippen molar-refractivity contribution in [2.45, 2.75) is 53.0 Å². The van der Waals surface area contributed by atoms with Crippen molar-refractivity contribution in [1.82, 2.24) is 10.2 Å². The highest BCUT2D eigenvalue weighted by Crippen LogP contribution is 2.39. The molecule has 3 aliphatic heterocycles. The highest BCUT2D eigenvalue weighted by atomic mass is 19.1. The van der Waals surface area contributed by atoms with Gasteiger partial charge < -0.3 is 10.2 Å². The summed E-state index contributed by atoms with van der Waals surface area (Å²) in [5.41, 5.74) is 6.82. The second kappa shape index (κ2) is 12.2. The van der Waals surface area contributed by atoms with E-state index in [1.807, 2.05) is 19.2 Å². The van der Waals surface area contributed by atoms with Gasteiger partial charge in [-0.2, -0.15) is 0 Å². The Bertz CT molecular complexity index is 1310. The lowest BCUT2D eigenvalue weighted by atomic mass is 9.74. The first-order chi connectivity index (χ1) is 18.7. The van der Waals surface area contributed by atoms with E-state index in [4.69, 9.17) is 9.98 Å². The fraction of sp³-hybridized carbons (Fsp3) is 0.394. The number of aliphatic imine (C=N–C) groups is 2. The number of halogens is 2. The molecule has 1 saturated heterocycles. The third-order valence-electron chi connectivity index (χ3n) is 7.86. The third kappa shape index (κ3) is 6.27. The van der Waals surface area contributed by atoms with Gasteiger partial charge in [0.2, 0.25) is 0 Å². The molecule has 4 nitrogen and oxygen atoms in total. The first kappa shape index (κ1) is 28.6. The Morgan fingerprint density at radius 1 is 1.26 bits per heavy atom. The molecule has 0 aromatic heterocycles. The maximum atomic E-state index is 14.1. The number of hydrogen-bond acceptors (Lipinski definition) is 4. The average Bonchev–Trinajstić information content (AvgIpc) is 3.18. The number of benzene rings is 1. The van der Waals surface area contributed by atoms with E-state index >= 15 is 0 Å². The maximum absolute atomic E-state index is 14.1. The average molecular weight is 531 g/mol. The van der Waals surface area contributed by atoms with Gasteiger partial charge in [-0.1, -0.05) is 37.8 Å². The van der Waals surface area contributed by atoms with Gasteiger partial charge in [-0.3, -0.25) is 9.98 Å². The standard InChI is InChI=1S/C33H40F2N4/c1-7-28(32-33(6,8-2)12-9-10-13-38-32)30-29(17-23(4)25-18-26(34)20-27(35)19-25)37-14-11-22(3)31(30)39-16-15-36-24(5)21-39/h7-8,10-11,13,18-20,24,36H,2,4,9,12,14-17,21H2,1,3,5-6H3/b28-7+/t24-,33?/m1/s1. The molecule has 1 N–H and O–H groups in total.